The van der Waals surface area contributed by atoms with Crippen LogP contribution in [0.1, 0.15) is 46.5 Å². The fourth-order valence-corrected chi connectivity index (χ4v) is 2.29. The first kappa shape index (κ1) is 15.4. The minimum atomic E-state index is -0.0588. The maximum absolute atomic E-state index is 12.2. The molecule has 0 aromatic carbocycles. The van der Waals surface area contributed by atoms with E-state index in [1.807, 2.05) is 20.8 Å². The number of nitrogens with zero attached hydrogens (tertiary/aromatic N) is 1. The molecule has 0 aromatic heterocycles. The Bertz CT molecular complexity index is 250. The molecule has 0 aliphatic carbocycles. The zero-order valence-electron chi connectivity index (χ0n) is 12.0. The maximum atomic E-state index is 12.2. The lowest BCUT2D eigenvalue weighted by atomic mass is 10.0. The third-order valence-corrected chi connectivity index (χ3v) is 4.08. The molecule has 0 radical (unpaired) electrons. The first-order valence-corrected chi connectivity index (χ1v) is 7.21. The van der Waals surface area contributed by atoms with Gasteiger partial charge in [-0.3, -0.25) is 9.69 Å². The van der Waals surface area contributed by atoms with Gasteiger partial charge in [-0.15, -0.1) is 0 Å². The van der Waals surface area contributed by atoms with Gasteiger partial charge in [0.05, 0.1) is 6.04 Å². The molecule has 1 heterocycles. The zero-order chi connectivity index (χ0) is 13.5. The van der Waals surface area contributed by atoms with E-state index in [1.165, 1.54) is 25.7 Å². The van der Waals surface area contributed by atoms with E-state index in [9.17, 15) is 4.79 Å². The molecular weight excluding hydrogens is 228 g/mol. The van der Waals surface area contributed by atoms with Crippen LogP contribution in [-0.4, -0.2) is 47.7 Å². The van der Waals surface area contributed by atoms with Gasteiger partial charge in [0.15, 0.2) is 0 Å². The summed E-state index contributed by atoms with van der Waals surface area (Å²) in [5.41, 5.74) is 0. The van der Waals surface area contributed by atoms with Crippen LogP contribution < -0.4 is 5.32 Å². The van der Waals surface area contributed by atoms with E-state index < -0.39 is 0 Å². The Labute approximate surface area is 111 Å². The molecular formula is C14H28N2O2. The van der Waals surface area contributed by atoms with Crippen molar-refractivity contribution < 1.29 is 9.90 Å². The number of hydrogen-bond donors (Lipinski definition) is 2. The smallest absolute Gasteiger partial charge is 0.237 e. The third kappa shape index (κ3) is 4.58. The van der Waals surface area contributed by atoms with Crippen molar-refractivity contribution in [3.05, 3.63) is 0 Å². The molecule has 0 saturated carbocycles. The SMILES string of the molecule is CC(CO)C(C)NC(=O)C(C)N1CCCCCC1. The molecule has 2 N–H and O–H groups in total. The van der Waals surface area contributed by atoms with E-state index in [4.69, 9.17) is 5.11 Å². The predicted octanol–water partition coefficient (Wildman–Crippen LogP) is 1.38. The van der Waals surface area contributed by atoms with Gasteiger partial charge in [-0.2, -0.15) is 0 Å². The summed E-state index contributed by atoms with van der Waals surface area (Å²) in [5, 5.41) is 12.1. The van der Waals surface area contributed by atoms with Crippen LogP contribution in [0.15, 0.2) is 0 Å². The topological polar surface area (TPSA) is 52.6 Å². The van der Waals surface area contributed by atoms with E-state index in [1.54, 1.807) is 0 Å². The van der Waals surface area contributed by atoms with Gasteiger partial charge in [0.25, 0.3) is 0 Å². The Balaban J connectivity index is 2.44. The highest BCUT2D eigenvalue weighted by Crippen LogP contribution is 2.13. The number of aliphatic hydroxyl groups is 1. The quantitative estimate of drug-likeness (QED) is 0.781. The number of aliphatic hydroxyl groups excluding tert-OH is 1. The van der Waals surface area contributed by atoms with E-state index >= 15 is 0 Å². The molecule has 4 heteroatoms. The Morgan fingerprint density at radius 3 is 2.22 bits per heavy atom. The van der Waals surface area contributed by atoms with Crippen molar-refractivity contribution in [1.82, 2.24) is 10.2 Å². The number of rotatable bonds is 5. The molecule has 3 atom stereocenters. The van der Waals surface area contributed by atoms with Crippen LogP contribution in [-0.2, 0) is 4.79 Å². The van der Waals surface area contributed by atoms with Crippen molar-refractivity contribution in [2.24, 2.45) is 5.92 Å². The van der Waals surface area contributed by atoms with E-state index in [-0.39, 0.29) is 30.5 Å². The fraction of sp³-hybridized carbons (Fsp3) is 0.929. The lowest BCUT2D eigenvalue weighted by Gasteiger charge is -2.29. The Hall–Kier alpha value is -0.610. The van der Waals surface area contributed by atoms with Crippen LogP contribution in [0.5, 0.6) is 0 Å². The lowest BCUT2D eigenvalue weighted by molar-refractivity contribution is -0.126. The van der Waals surface area contributed by atoms with Crippen LogP contribution in [0, 0.1) is 5.92 Å². The van der Waals surface area contributed by atoms with E-state index in [0.29, 0.717) is 0 Å². The Morgan fingerprint density at radius 1 is 1.17 bits per heavy atom. The molecule has 0 aromatic rings. The summed E-state index contributed by atoms with van der Waals surface area (Å²) in [5.74, 6) is 0.190. The van der Waals surface area contributed by atoms with Crippen LogP contribution in [0.3, 0.4) is 0 Å². The summed E-state index contributed by atoms with van der Waals surface area (Å²) in [7, 11) is 0. The van der Waals surface area contributed by atoms with Crippen molar-refractivity contribution >= 4 is 5.91 Å². The number of carbonyl (C=O) groups is 1. The average Bonchev–Trinajstić information content (AvgIpc) is 2.65. The van der Waals surface area contributed by atoms with E-state index in [0.717, 1.165) is 13.1 Å². The Kier molecular flexibility index (Phi) is 6.65. The standard InChI is InChI=1S/C14H28N2O2/c1-11(10-17)12(2)15-14(18)13(3)16-8-6-4-5-7-9-16/h11-13,17H,4-10H2,1-3H3,(H,15,18). The van der Waals surface area contributed by atoms with Gasteiger partial charge >= 0.3 is 0 Å². The highest BCUT2D eigenvalue weighted by Gasteiger charge is 2.24. The second-order valence-electron chi connectivity index (χ2n) is 5.58. The summed E-state index contributed by atoms with van der Waals surface area (Å²) >= 11 is 0. The first-order valence-electron chi connectivity index (χ1n) is 7.21. The molecule has 1 fully saturated rings. The summed E-state index contributed by atoms with van der Waals surface area (Å²) in [4.78, 5) is 14.4. The van der Waals surface area contributed by atoms with Crippen molar-refractivity contribution in [2.75, 3.05) is 19.7 Å². The number of amides is 1. The van der Waals surface area contributed by atoms with Gasteiger partial charge in [-0.1, -0.05) is 19.8 Å². The van der Waals surface area contributed by atoms with Crippen LogP contribution in [0.2, 0.25) is 0 Å². The second kappa shape index (κ2) is 7.74. The minimum absolute atomic E-state index is 0.0249. The fourth-order valence-electron chi connectivity index (χ4n) is 2.29. The van der Waals surface area contributed by atoms with Crippen LogP contribution in [0.4, 0.5) is 0 Å². The van der Waals surface area contributed by atoms with Gasteiger partial charge in [0.2, 0.25) is 5.91 Å². The van der Waals surface area contributed by atoms with Crippen molar-refractivity contribution in [3.63, 3.8) is 0 Å². The number of carbonyl (C=O) groups excluding carboxylic acids is 1. The second-order valence-corrected chi connectivity index (χ2v) is 5.58. The van der Waals surface area contributed by atoms with E-state index in [2.05, 4.69) is 10.2 Å². The third-order valence-electron chi connectivity index (χ3n) is 4.08. The maximum Gasteiger partial charge on any atom is 0.237 e. The molecule has 3 unspecified atom stereocenters. The monoisotopic (exact) mass is 256 g/mol. The van der Waals surface area contributed by atoms with Gasteiger partial charge < -0.3 is 10.4 Å². The van der Waals surface area contributed by atoms with Gasteiger partial charge in [-0.05, 0) is 45.7 Å². The molecule has 1 amide bonds. The van der Waals surface area contributed by atoms with Gasteiger partial charge in [0.1, 0.15) is 0 Å². The predicted molar refractivity (Wildman–Crippen MR) is 73.4 cm³/mol. The molecule has 1 rings (SSSR count). The average molecular weight is 256 g/mol. The number of nitrogens with one attached hydrogen (secondary N) is 1. The van der Waals surface area contributed by atoms with Crippen LogP contribution in [0.25, 0.3) is 0 Å². The molecule has 1 saturated heterocycles. The molecule has 0 spiro atoms. The summed E-state index contributed by atoms with van der Waals surface area (Å²) in [6, 6.07) is -0.0339. The highest BCUT2D eigenvalue weighted by molar-refractivity contribution is 5.81. The lowest BCUT2D eigenvalue weighted by Crippen LogP contribution is -2.49. The van der Waals surface area contributed by atoms with Crippen LogP contribution >= 0.6 is 0 Å². The van der Waals surface area contributed by atoms with Crippen molar-refractivity contribution in [1.29, 1.82) is 0 Å². The first-order chi connectivity index (χ1) is 8.56. The normalized spacial score (nSPS) is 22.9. The molecule has 0 bridgehead atoms. The van der Waals surface area contributed by atoms with Gasteiger partial charge in [-0.25, -0.2) is 0 Å². The molecule has 106 valence electrons. The molecule has 1 aliphatic rings. The number of hydrogen-bond acceptors (Lipinski definition) is 3. The highest BCUT2D eigenvalue weighted by atomic mass is 16.3. The van der Waals surface area contributed by atoms with Crippen molar-refractivity contribution in [3.8, 4) is 0 Å². The summed E-state index contributed by atoms with van der Waals surface area (Å²) < 4.78 is 0. The molecule has 18 heavy (non-hydrogen) atoms. The Morgan fingerprint density at radius 2 is 1.72 bits per heavy atom. The molecule has 1 aliphatic heterocycles. The summed E-state index contributed by atoms with van der Waals surface area (Å²) in [6.07, 6.45) is 4.95. The zero-order valence-corrected chi connectivity index (χ0v) is 12.0. The summed E-state index contributed by atoms with van der Waals surface area (Å²) in [6.45, 7) is 8.04. The minimum Gasteiger partial charge on any atom is -0.396 e. The number of likely N-dealkylation sites (tertiary alicyclic amines) is 1. The largest absolute Gasteiger partial charge is 0.396 e. The molecule has 4 nitrogen and oxygen atoms in total. The van der Waals surface area contributed by atoms with Gasteiger partial charge in [0, 0.05) is 12.6 Å². The van der Waals surface area contributed by atoms with Crippen molar-refractivity contribution in [2.45, 2.75) is 58.5 Å².